The van der Waals surface area contributed by atoms with E-state index in [0.29, 0.717) is 6.42 Å². The molecule has 0 rings (SSSR count). The van der Waals surface area contributed by atoms with Crippen LogP contribution in [0, 0.1) is 11.8 Å². The van der Waals surface area contributed by atoms with Crippen LogP contribution >= 0.6 is 0 Å². The molecule has 0 aromatic carbocycles. The van der Waals surface area contributed by atoms with Crippen LogP contribution in [0.2, 0.25) is 0 Å². The highest BCUT2D eigenvalue weighted by molar-refractivity contribution is 5.87. The van der Waals surface area contributed by atoms with E-state index < -0.39 is 18.1 Å². The zero-order chi connectivity index (χ0) is 13.6. The lowest BCUT2D eigenvalue weighted by molar-refractivity contribution is -0.145. The number of nitrogens with one attached hydrogen (secondary N) is 1. The van der Waals surface area contributed by atoms with Crippen LogP contribution in [0.3, 0.4) is 0 Å². The van der Waals surface area contributed by atoms with E-state index in [9.17, 15) is 9.59 Å². The van der Waals surface area contributed by atoms with Gasteiger partial charge in [-0.15, -0.1) is 0 Å². The molecule has 0 saturated heterocycles. The summed E-state index contributed by atoms with van der Waals surface area (Å²) in [5.41, 5.74) is 5.72. The molecule has 0 aliphatic rings. The van der Waals surface area contributed by atoms with Gasteiger partial charge in [0.05, 0.1) is 13.2 Å². The number of ether oxygens (including phenoxy) is 1. The van der Waals surface area contributed by atoms with Gasteiger partial charge in [0.25, 0.3) is 0 Å². The number of carbonyl (C=O) groups excluding carboxylic acids is 2. The summed E-state index contributed by atoms with van der Waals surface area (Å²) in [6.45, 7) is 7.68. The van der Waals surface area contributed by atoms with Crippen molar-refractivity contribution in [2.75, 3.05) is 7.11 Å². The second kappa shape index (κ2) is 7.27. The Morgan fingerprint density at radius 2 is 1.76 bits per heavy atom. The molecule has 0 spiro atoms. The Balaban J connectivity index is 4.53. The van der Waals surface area contributed by atoms with Crippen LogP contribution < -0.4 is 11.1 Å². The molecule has 0 radical (unpaired) electrons. The minimum absolute atomic E-state index is 0.0346. The van der Waals surface area contributed by atoms with Gasteiger partial charge in [-0.05, 0) is 18.3 Å². The Labute approximate surface area is 103 Å². The maximum absolute atomic E-state index is 11.8. The smallest absolute Gasteiger partial charge is 0.328 e. The average Bonchev–Trinajstić information content (AvgIpc) is 2.24. The predicted molar refractivity (Wildman–Crippen MR) is 66.2 cm³/mol. The summed E-state index contributed by atoms with van der Waals surface area (Å²) in [6.07, 6.45) is 0.545. The number of methoxy groups -OCH3 is 1. The highest BCUT2D eigenvalue weighted by atomic mass is 16.5. The molecule has 0 aromatic heterocycles. The fraction of sp³-hybridized carbons (Fsp3) is 0.833. The van der Waals surface area contributed by atoms with Crippen LogP contribution in [-0.4, -0.2) is 31.1 Å². The third-order valence-electron chi connectivity index (χ3n) is 2.53. The van der Waals surface area contributed by atoms with Crippen LogP contribution in [0.4, 0.5) is 0 Å². The van der Waals surface area contributed by atoms with E-state index >= 15 is 0 Å². The maximum atomic E-state index is 11.8. The summed E-state index contributed by atoms with van der Waals surface area (Å²) >= 11 is 0. The van der Waals surface area contributed by atoms with Crippen molar-refractivity contribution < 1.29 is 14.3 Å². The number of carbonyl (C=O) groups is 2. The van der Waals surface area contributed by atoms with Crippen molar-refractivity contribution in [3.05, 3.63) is 0 Å². The number of hydrogen-bond acceptors (Lipinski definition) is 4. The Hall–Kier alpha value is -1.10. The van der Waals surface area contributed by atoms with Crippen molar-refractivity contribution in [1.29, 1.82) is 0 Å². The quantitative estimate of drug-likeness (QED) is 0.673. The molecule has 17 heavy (non-hydrogen) atoms. The van der Waals surface area contributed by atoms with Gasteiger partial charge >= 0.3 is 5.97 Å². The van der Waals surface area contributed by atoms with E-state index in [1.807, 2.05) is 27.7 Å². The van der Waals surface area contributed by atoms with E-state index in [2.05, 4.69) is 10.1 Å². The van der Waals surface area contributed by atoms with Crippen molar-refractivity contribution in [3.8, 4) is 0 Å². The molecule has 2 unspecified atom stereocenters. The molecule has 0 bridgehead atoms. The topological polar surface area (TPSA) is 81.4 Å². The van der Waals surface area contributed by atoms with E-state index in [-0.39, 0.29) is 17.7 Å². The van der Waals surface area contributed by atoms with E-state index in [1.165, 1.54) is 7.11 Å². The number of hydrogen-bond donors (Lipinski definition) is 2. The first-order chi connectivity index (χ1) is 7.79. The standard InChI is InChI=1S/C12H24N2O3/c1-7(2)6-9(12(16)17-5)14-11(15)10(13)8(3)4/h7-10H,6,13H2,1-5H3,(H,14,15). The maximum Gasteiger partial charge on any atom is 0.328 e. The Morgan fingerprint density at radius 1 is 1.24 bits per heavy atom. The lowest BCUT2D eigenvalue weighted by Gasteiger charge is -2.22. The number of amides is 1. The van der Waals surface area contributed by atoms with Gasteiger partial charge in [0.2, 0.25) is 5.91 Å². The first-order valence-electron chi connectivity index (χ1n) is 5.93. The fourth-order valence-corrected chi connectivity index (χ4v) is 1.40. The van der Waals surface area contributed by atoms with Crippen LogP contribution in [0.25, 0.3) is 0 Å². The molecule has 3 N–H and O–H groups in total. The van der Waals surface area contributed by atoms with Crippen LogP contribution in [0.5, 0.6) is 0 Å². The zero-order valence-electron chi connectivity index (χ0n) is 11.3. The molecule has 0 saturated carbocycles. The van der Waals surface area contributed by atoms with Crippen molar-refractivity contribution in [3.63, 3.8) is 0 Å². The molecule has 0 aromatic rings. The van der Waals surface area contributed by atoms with Gasteiger partial charge < -0.3 is 15.8 Å². The normalized spacial score (nSPS) is 14.6. The number of esters is 1. The van der Waals surface area contributed by atoms with Gasteiger partial charge in [-0.25, -0.2) is 4.79 Å². The summed E-state index contributed by atoms with van der Waals surface area (Å²) in [5, 5.41) is 2.64. The van der Waals surface area contributed by atoms with Crippen LogP contribution in [0.1, 0.15) is 34.1 Å². The predicted octanol–water partition coefficient (Wildman–Crippen LogP) is 0.674. The van der Waals surface area contributed by atoms with Crippen molar-refractivity contribution in [2.45, 2.75) is 46.2 Å². The van der Waals surface area contributed by atoms with E-state index in [1.54, 1.807) is 0 Å². The van der Waals surface area contributed by atoms with Gasteiger partial charge in [0.1, 0.15) is 6.04 Å². The lowest BCUT2D eigenvalue weighted by atomic mass is 10.0. The van der Waals surface area contributed by atoms with Crippen LogP contribution in [-0.2, 0) is 14.3 Å². The van der Waals surface area contributed by atoms with Gasteiger partial charge in [0.15, 0.2) is 0 Å². The molecule has 100 valence electrons. The third kappa shape index (κ3) is 5.68. The SMILES string of the molecule is COC(=O)C(CC(C)C)NC(=O)C(N)C(C)C. The van der Waals surface area contributed by atoms with Crippen LogP contribution in [0.15, 0.2) is 0 Å². The monoisotopic (exact) mass is 244 g/mol. The van der Waals surface area contributed by atoms with E-state index in [0.717, 1.165) is 0 Å². The summed E-state index contributed by atoms with van der Waals surface area (Å²) < 4.78 is 4.66. The Bertz CT molecular complexity index is 264. The van der Waals surface area contributed by atoms with Crippen molar-refractivity contribution in [1.82, 2.24) is 5.32 Å². The molecule has 0 aliphatic heterocycles. The first-order valence-corrected chi connectivity index (χ1v) is 5.93. The summed E-state index contributed by atoms with van der Waals surface area (Å²) in [7, 11) is 1.31. The average molecular weight is 244 g/mol. The molecule has 0 heterocycles. The van der Waals surface area contributed by atoms with Crippen molar-refractivity contribution >= 4 is 11.9 Å². The van der Waals surface area contributed by atoms with Gasteiger partial charge in [-0.3, -0.25) is 4.79 Å². The van der Waals surface area contributed by atoms with Crippen molar-refractivity contribution in [2.24, 2.45) is 17.6 Å². The molecule has 0 fully saturated rings. The molecular weight excluding hydrogens is 220 g/mol. The van der Waals surface area contributed by atoms with Gasteiger partial charge in [0, 0.05) is 0 Å². The summed E-state index contributed by atoms with van der Waals surface area (Å²) in [4.78, 5) is 23.3. The van der Waals surface area contributed by atoms with E-state index in [4.69, 9.17) is 5.73 Å². The summed E-state index contributed by atoms with van der Waals surface area (Å²) in [5.74, 6) is -0.416. The minimum atomic E-state index is -0.614. The molecule has 0 aliphatic carbocycles. The summed E-state index contributed by atoms with van der Waals surface area (Å²) in [6, 6.07) is -1.22. The molecule has 5 heteroatoms. The largest absolute Gasteiger partial charge is 0.467 e. The minimum Gasteiger partial charge on any atom is -0.467 e. The highest BCUT2D eigenvalue weighted by Gasteiger charge is 2.26. The fourth-order valence-electron chi connectivity index (χ4n) is 1.40. The van der Waals surface area contributed by atoms with Gasteiger partial charge in [-0.2, -0.15) is 0 Å². The molecule has 2 atom stereocenters. The lowest BCUT2D eigenvalue weighted by Crippen LogP contribution is -2.50. The van der Waals surface area contributed by atoms with Gasteiger partial charge in [-0.1, -0.05) is 27.7 Å². The number of rotatable bonds is 6. The molecule has 5 nitrogen and oxygen atoms in total. The Morgan fingerprint density at radius 3 is 2.12 bits per heavy atom. The second-order valence-electron chi connectivity index (χ2n) is 4.98. The third-order valence-corrected chi connectivity index (χ3v) is 2.53. The zero-order valence-corrected chi connectivity index (χ0v) is 11.3. The molecular formula is C12H24N2O3. The first kappa shape index (κ1) is 15.9. The number of nitrogens with two attached hydrogens (primary N) is 1. The second-order valence-corrected chi connectivity index (χ2v) is 4.98. The highest BCUT2D eigenvalue weighted by Crippen LogP contribution is 2.07. The Kier molecular flexibility index (Phi) is 6.80. The molecule has 1 amide bonds.